The molecule has 5 rings (SSSR count). The summed E-state index contributed by atoms with van der Waals surface area (Å²) >= 11 is 7.81. The van der Waals surface area contributed by atoms with Gasteiger partial charge in [-0.25, -0.2) is 4.39 Å². The van der Waals surface area contributed by atoms with Crippen molar-refractivity contribution in [2.75, 3.05) is 11.1 Å². The van der Waals surface area contributed by atoms with Crippen LogP contribution in [0.25, 0.3) is 22.4 Å². The van der Waals surface area contributed by atoms with Crippen molar-refractivity contribution in [3.05, 3.63) is 137 Å². The van der Waals surface area contributed by atoms with E-state index in [2.05, 4.69) is 22.0 Å². The van der Waals surface area contributed by atoms with Crippen molar-refractivity contribution in [1.82, 2.24) is 4.57 Å². The number of benzene rings is 4. The highest BCUT2D eigenvalue weighted by atomic mass is 35.5. The van der Waals surface area contributed by atoms with Crippen LogP contribution >= 0.6 is 23.4 Å². The zero-order valence-electron chi connectivity index (χ0n) is 21.5. The lowest BCUT2D eigenvalue weighted by atomic mass is 10.1. The van der Waals surface area contributed by atoms with Crippen molar-refractivity contribution in [2.24, 2.45) is 0 Å². The molecule has 0 spiro atoms. The lowest BCUT2D eigenvalue weighted by Gasteiger charge is -2.13. The van der Waals surface area contributed by atoms with Crippen molar-refractivity contribution >= 4 is 35.0 Å². The third-order valence-corrected chi connectivity index (χ3v) is 8.02. The average molecular weight is 555 g/mol. The Kier molecular flexibility index (Phi) is 8.50. The molecule has 5 aromatic rings. The summed E-state index contributed by atoms with van der Waals surface area (Å²) in [5.74, 6) is 0.787. The number of carbonyl (C=O) groups is 1. The van der Waals surface area contributed by atoms with Crippen molar-refractivity contribution in [3.8, 4) is 22.4 Å². The first kappa shape index (κ1) is 26.8. The zero-order valence-corrected chi connectivity index (χ0v) is 23.1. The Bertz CT molecular complexity index is 1550. The van der Waals surface area contributed by atoms with E-state index in [9.17, 15) is 9.18 Å². The van der Waals surface area contributed by atoms with E-state index in [1.165, 1.54) is 6.07 Å². The van der Waals surface area contributed by atoms with Crippen molar-refractivity contribution < 1.29 is 9.18 Å². The van der Waals surface area contributed by atoms with Gasteiger partial charge in [0.05, 0.1) is 5.56 Å². The second-order valence-corrected chi connectivity index (χ2v) is 10.7. The SMILES string of the molecule is Cc1c(C(=O)Nc2ccc(-c3ccccc3)cc2)cc(-c2ccccc2)n1CCSCc1c(F)cccc1Cl. The quantitative estimate of drug-likeness (QED) is 0.184. The Balaban J connectivity index is 1.33. The predicted octanol–water partition coefficient (Wildman–Crippen LogP) is 9.11. The molecule has 1 aromatic heterocycles. The fraction of sp³-hybridized carbons (Fsp3) is 0.121. The maximum Gasteiger partial charge on any atom is 0.257 e. The molecule has 4 aromatic carbocycles. The molecule has 6 heteroatoms. The molecule has 0 atom stereocenters. The number of carbonyl (C=O) groups excluding carboxylic acids is 1. The zero-order chi connectivity index (χ0) is 27.2. The first-order chi connectivity index (χ1) is 19.0. The van der Waals surface area contributed by atoms with E-state index in [1.54, 1.807) is 23.9 Å². The van der Waals surface area contributed by atoms with E-state index in [0.717, 1.165) is 39.5 Å². The van der Waals surface area contributed by atoms with Crippen LogP contribution in [0, 0.1) is 12.7 Å². The molecular weight excluding hydrogens is 527 g/mol. The molecule has 0 aliphatic rings. The van der Waals surface area contributed by atoms with Gasteiger partial charge in [0.1, 0.15) is 5.82 Å². The topological polar surface area (TPSA) is 34.0 Å². The first-order valence-electron chi connectivity index (χ1n) is 12.7. The van der Waals surface area contributed by atoms with Gasteiger partial charge in [0.15, 0.2) is 0 Å². The summed E-state index contributed by atoms with van der Waals surface area (Å²) in [6.45, 7) is 2.64. The number of thioether (sulfide) groups is 1. The maximum atomic E-state index is 14.2. The smallest absolute Gasteiger partial charge is 0.257 e. The molecule has 0 bridgehead atoms. The van der Waals surface area contributed by atoms with E-state index in [-0.39, 0.29) is 11.7 Å². The number of nitrogens with one attached hydrogen (secondary N) is 1. The summed E-state index contributed by atoms with van der Waals surface area (Å²) in [5, 5.41) is 3.50. The van der Waals surface area contributed by atoms with Crippen molar-refractivity contribution in [1.29, 1.82) is 0 Å². The van der Waals surface area contributed by atoms with Gasteiger partial charge in [-0.3, -0.25) is 4.79 Å². The number of hydrogen-bond acceptors (Lipinski definition) is 2. The highest BCUT2D eigenvalue weighted by Crippen LogP contribution is 2.29. The van der Waals surface area contributed by atoms with Crippen LogP contribution < -0.4 is 5.32 Å². The van der Waals surface area contributed by atoms with Gasteiger partial charge in [0.25, 0.3) is 5.91 Å². The maximum absolute atomic E-state index is 14.2. The molecule has 0 fully saturated rings. The Morgan fingerprint density at radius 2 is 1.49 bits per heavy atom. The molecule has 0 aliphatic carbocycles. The van der Waals surface area contributed by atoms with Crippen LogP contribution in [-0.4, -0.2) is 16.2 Å². The minimum atomic E-state index is -0.284. The standard InChI is InChI=1S/C33H28ClFN2OS/c1-23-28(33(38)36-27-17-15-25(16-18-27)24-9-4-2-5-10-24)21-32(26-11-6-3-7-12-26)37(23)19-20-39-22-29-30(34)13-8-14-31(29)35/h2-18,21H,19-20,22H2,1H3,(H,36,38). The van der Waals surface area contributed by atoms with Gasteiger partial charge in [-0.05, 0) is 53.9 Å². The number of halogens is 2. The van der Waals surface area contributed by atoms with Crippen LogP contribution in [-0.2, 0) is 12.3 Å². The van der Waals surface area contributed by atoms with Gasteiger partial charge < -0.3 is 9.88 Å². The summed E-state index contributed by atoms with van der Waals surface area (Å²) < 4.78 is 16.3. The van der Waals surface area contributed by atoms with Crippen molar-refractivity contribution in [3.63, 3.8) is 0 Å². The van der Waals surface area contributed by atoms with Gasteiger partial charge in [-0.2, -0.15) is 11.8 Å². The lowest BCUT2D eigenvalue weighted by Crippen LogP contribution is -2.13. The Morgan fingerprint density at radius 3 is 2.15 bits per heavy atom. The fourth-order valence-electron chi connectivity index (χ4n) is 4.59. The number of rotatable bonds is 9. The summed E-state index contributed by atoms with van der Waals surface area (Å²) in [6.07, 6.45) is 0. The first-order valence-corrected chi connectivity index (χ1v) is 14.3. The van der Waals surface area contributed by atoms with Crippen LogP contribution in [0.3, 0.4) is 0 Å². The summed E-state index contributed by atoms with van der Waals surface area (Å²) in [6, 6.07) is 34.8. The minimum Gasteiger partial charge on any atom is -0.343 e. The van der Waals surface area contributed by atoms with Crippen LogP contribution in [0.5, 0.6) is 0 Å². The molecule has 1 heterocycles. The third kappa shape index (κ3) is 6.27. The Labute approximate surface area is 237 Å². The van der Waals surface area contributed by atoms with E-state index in [1.807, 2.05) is 85.8 Å². The molecular formula is C33H28ClFN2OS. The van der Waals surface area contributed by atoms with E-state index < -0.39 is 0 Å². The van der Waals surface area contributed by atoms with Crippen LogP contribution in [0.15, 0.2) is 109 Å². The normalized spacial score (nSPS) is 10.9. The number of hydrogen-bond donors (Lipinski definition) is 1. The highest BCUT2D eigenvalue weighted by molar-refractivity contribution is 7.98. The summed E-state index contributed by atoms with van der Waals surface area (Å²) in [4.78, 5) is 13.4. The largest absolute Gasteiger partial charge is 0.343 e. The fourth-order valence-corrected chi connectivity index (χ4v) is 5.85. The van der Waals surface area contributed by atoms with Gasteiger partial charge >= 0.3 is 0 Å². The number of anilines is 1. The molecule has 0 saturated carbocycles. The lowest BCUT2D eigenvalue weighted by molar-refractivity contribution is 0.102. The van der Waals surface area contributed by atoms with E-state index >= 15 is 0 Å². The number of amides is 1. The van der Waals surface area contributed by atoms with Crippen LogP contribution in [0.4, 0.5) is 10.1 Å². The van der Waals surface area contributed by atoms with Crippen molar-refractivity contribution in [2.45, 2.75) is 19.2 Å². The molecule has 39 heavy (non-hydrogen) atoms. The molecule has 0 saturated heterocycles. The monoisotopic (exact) mass is 554 g/mol. The van der Waals surface area contributed by atoms with Crippen LogP contribution in [0.1, 0.15) is 21.6 Å². The predicted molar refractivity (Wildman–Crippen MR) is 162 cm³/mol. The van der Waals surface area contributed by atoms with Gasteiger partial charge in [-0.1, -0.05) is 90.5 Å². The third-order valence-electron chi connectivity index (χ3n) is 6.70. The Morgan fingerprint density at radius 1 is 0.846 bits per heavy atom. The van der Waals surface area contributed by atoms with Crippen LogP contribution in [0.2, 0.25) is 5.02 Å². The molecule has 1 amide bonds. The molecule has 1 N–H and O–H groups in total. The molecule has 0 unspecified atom stereocenters. The molecule has 3 nitrogen and oxygen atoms in total. The van der Waals surface area contributed by atoms with Gasteiger partial charge in [0, 0.05) is 45.7 Å². The molecule has 0 radical (unpaired) electrons. The minimum absolute atomic E-state index is 0.151. The Hall–Kier alpha value is -3.80. The molecule has 0 aliphatic heterocycles. The van der Waals surface area contributed by atoms with E-state index in [0.29, 0.717) is 28.4 Å². The highest BCUT2D eigenvalue weighted by Gasteiger charge is 2.19. The van der Waals surface area contributed by atoms with E-state index in [4.69, 9.17) is 11.6 Å². The molecule has 196 valence electrons. The second-order valence-electron chi connectivity index (χ2n) is 9.20. The summed E-state index contributed by atoms with van der Waals surface area (Å²) in [5.41, 5.74) is 7.01. The average Bonchev–Trinajstić information content (AvgIpc) is 3.29. The van der Waals surface area contributed by atoms with Gasteiger partial charge in [0.2, 0.25) is 0 Å². The second kappa shape index (κ2) is 12.4. The number of aromatic nitrogens is 1. The number of nitrogens with zero attached hydrogens (tertiary/aromatic N) is 1. The van der Waals surface area contributed by atoms with Gasteiger partial charge in [-0.15, -0.1) is 0 Å². The summed E-state index contributed by atoms with van der Waals surface area (Å²) in [7, 11) is 0.